The van der Waals surface area contributed by atoms with E-state index in [2.05, 4.69) is 10.3 Å². The molecule has 0 bridgehead atoms. The van der Waals surface area contributed by atoms with Crippen molar-refractivity contribution in [3.05, 3.63) is 48.0 Å². The molecule has 0 radical (unpaired) electrons. The van der Waals surface area contributed by atoms with Crippen molar-refractivity contribution in [3.63, 3.8) is 0 Å². The Morgan fingerprint density at radius 1 is 1.15 bits per heavy atom. The Morgan fingerprint density at radius 2 is 1.96 bits per heavy atom. The molecular formula is C20H23N3O3. The van der Waals surface area contributed by atoms with E-state index in [9.17, 15) is 4.79 Å². The lowest BCUT2D eigenvalue weighted by Gasteiger charge is -2.11. The van der Waals surface area contributed by atoms with Gasteiger partial charge in [0.05, 0.1) is 25.3 Å². The van der Waals surface area contributed by atoms with Gasteiger partial charge in [-0.1, -0.05) is 12.1 Å². The number of fused-ring (bicyclic) bond motifs is 1. The van der Waals surface area contributed by atoms with Crippen molar-refractivity contribution >= 4 is 22.9 Å². The number of carbonyl (C=O) groups excluding carboxylic acids is 1. The van der Waals surface area contributed by atoms with Gasteiger partial charge in [0.25, 0.3) is 0 Å². The molecule has 6 nitrogen and oxygen atoms in total. The molecule has 2 aromatic carbocycles. The largest absolute Gasteiger partial charge is 0.497 e. The standard InChI is InChI=1S/C20H23N3O3/c1-4-23-17-8-6-5-7-16(17)21-20(23)22-19(24)12-9-14-13-15(25-2)10-11-18(14)26-3/h5-8,10-11,13H,4,9,12H2,1-3H3,(H,21,22,24). The highest BCUT2D eigenvalue weighted by molar-refractivity contribution is 5.91. The molecule has 0 aliphatic heterocycles. The quantitative estimate of drug-likeness (QED) is 0.704. The molecule has 0 fully saturated rings. The van der Waals surface area contributed by atoms with Crippen LogP contribution in [0.2, 0.25) is 0 Å². The van der Waals surface area contributed by atoms with Gasteiger partial charge in [0.1, 0.15) is 11.5 Å². The van der Waals surface area contributed by atoms with E-state index in [4.69, 9.17) is 9.47 Å². The summed E-state index contributed by atoms with van der Waals surface area (Å²) < 4.78 is 12.6. The number of imidazole rings is 1. The Kier molecular flexibility index (Phi) is 5.41. The fraction of sp³-hybridized carbons (Fsp3) is 0.300. The molecule has 0 unspecified atom stereocenters. The third-order valence-corrected chi connectivity index (χ3v) is 4.33. The van der Waals surface area contributed by atoms with Crippen LogP contribution in [0.25, 0.3) is 11.0 Å². The maximum Gasteiger partial charge on any atom is 0.227 e. The van der Waals surface area contributed by atoms with E-state index < -0.39 is 0 Å². The lowest BCUT2D eigenvalue weighted by molar-refractivity contribution is -0.116. The topological polar surface area (TPSA) is 65.4 Å². The number of nitrogens with zero attached hydrogens (tertiary/aromatic N) is 2. The molecule has 0 aliphatic rings. The molecule has 26 heavy (non-hydrogen) atoms. The van der Waals surface area contributed by atoms with E-state index in [1.165, 1.54) is 0 Å². The number of nitrogens with one attached hydrogen (secondary N) is 1. The highest BCUT2D eigenvalue weighted by atomic mass is 16.5. The molecule has 3 aromatic rings. The van der Waals surface area contributed by atoms with Crippen molar-refractivity contribution < 1.29 is 14.3 Å². The van der Waals surface area contributed by atoms with Crippen molar-refractivity contribution in [2.75, 3.05) is 19.5 Å². The SMILES string of the molecule is CCn1c(NC(=O)CCc2cc(OC)ccc2OC)nc2ccccc21. The van der Waals surface area contributed by atoms with Gasteiger partial charge in [-0.05, 0) is 49.2 Å². The van der Waals surface area contributed by atoms with Crippen molar-refractivity contribution in [2.24, 2.45) is 0 Å². The highest BCUT2D eigenvalue weighted by Gasteiger charge is 2.13. The Labute approximate surface area is 152 Å². The average Bonchev–Trinajstić information content (AvgIpc) is 3.02. The highest BCUT2D eigenvalue weighted by Crippen LogP contribution is 2.25. The van der Waals surface area contributed by atoms with Gasteiger partial charge in [-0.15, -0.1) is 0 Å². The summed E-state index contributed by atoms with van der Waals surface area (Å²) in [7, 11) is 3.24. The van der Waals surface area contributed by atoms with Crippen molar-refractivity contribution in [1.82, 2.24) is 9.55 Å². The molecule has 0 aliphatic carbocycles. The Balaban J connectivity index is 1.72. The third kappa shape index (κ3) is 3.64. The molecule has 1 aromatic heterocycles. The summed E-state index contributed by atoms with van der Waals surface area (Å²) in [4.78, 5) is 17.0. The van der Waals surface area contributed by atoms with Crippen LogP contribution in [-0.4, -0.2) is 29.7 Å². The second-order valence-electron chi connectivity index (χ2n) is 5.89. The van der Waals surface area contributed by atoms with Crippen LogP contribution in [0.15, 0.2) is 42.5 Å². The number of carbonyl (C=O) groups is 1. The van der Waals surface area contributed by atoms with Crippen LogP contribution in [-0.2, 0) is 17.8 Å². The van der Waals surface area contributed by atoms with Crippen LogP contribution in [0.1, 0.15) is 18.9 Å². The van der Waals surface area contributed by atoms with E-state index in [0.717, 1.165) is 34.6 Å². The number of anilines is 1. The van der Waals surface area contributed by atoms with Crippen LogP contribution < -0.4 is 14.8 Å². The van der Waals surface area contributed by atoms with E-state index in [0.29, 0.717) is 18.8 Å². The predicted molar refractivity (Wildman–Crippen MR) is 102 cm³/mol. The molecule has 6 heteroatoms. The second kappa shape index (κ2) is 7.91. The number of hydrogen-bond donors (Lipinski definition) is 1. The summed E-state index contributed by atoms with van der Waals surface area (Å²) in [5, 5.41) is 2.93. The minimum absolute atomic E-state index is 0.0834. The molecule has 0 saturated heterocycles. The number of aryl methyl sites for hydroxylation is 2. The fourth-order valence-corrected chi connectivity index (χ4v) is 3.00. The summed E-state index contributed by atoms with van der Waals surface area (Å²) in [6.07, 6.45) is 0.884. The van der Waals surface area contributed by atoms with Gasteiger partial charge in [0.2, 0.25) is 11.9 Å². The number of para-hydroxylation sites is 2. The van der Waals surface area contributed by atoms with Gasteiger partial charge in [-0.25, -0.2) is 4.98 Å². The van der Waals surface area contributed by atoms with Crippen LogP contribution in [0.4, 0.5) is 5.95 Å². The number of methoxy groups -OCH3 is 2. The van der Waals surface area contributed by atoms with Gasteiger partial charge < -0.3 is 14.0 Å². The zero-order chi connectivity index (χ0) is 18.5. The molecule has 0 spiro atoms. The third-order valence-electron chi connectivity index (χ3n) is 4.33. The number of amides is 1. The van der Waals surface area contributed by atoms with E-state index in [1.54, 1.807) is 14.2 Å². The number of benzene rings is 2. The molecular weight excluding hydrogens is 330 g/mol. The van der Waals surface area contributed by atoms with Crippen molar-refractivity contribution in [1.29, 1.82) is 0 Å². The van der Waals surface area contributed by atoms with Crippen molar-refractivity contribution in [3.8, 4) is 11.5 Å². The van der Waals surface area contributed by atoms with Crippen LogP contribution in [0.5, 0.6) is 11.5 Å². The zero-order valence-corrected chi connectivity index (χ0v) is 15.3. The van der Waals surface area contributed by atoms with Crippen LogP contribution in [0.3, 0.4) is 0 Å². The summed E-state index contributed by atoms with van der Waals surface area (Å²) in [6.45, 7) is 2.77. The van der Waals surface area contributed by atoms with E-state index in [1.807, 2.05) is 54.0 Å². The lowest BCUT2D eigenvalue weighted by Crippen LogP contribution is -2.16. The lowest BCUT2D eigenvalue weighted by atomic mass is 10.1. The Bertz CT molecular complexity index is 918. The predicted octanol–water partition coefficient (Wildman–Crippen LogP) is 3.64. The molecule has 1 amide bonds. The van der Waals surface area contributed by atoms with E-state index >= 15 is 0 Å². The summed E-state index contributed by atoms with van der Waals surface area (Å²) >= 11 is 0. The summed E-state index contributed by atoms with van der Waals surface area (Å²) in [6, 6.07) is 13.4. The monoisotopic (exact) mass is 353 g/mol. The number of rotatable bonds is 7. The molecule has 3 rings (SSSR count). The Morgan fingerprint density at radius 3 is 2.69 bits per heavy atom. The van der Waals surface area contributed by atoms with Crippen LogP contribution in [0, 0.1) is 0 Å². The van der Waals surface area contributed by atoms with Gasteiger partial charge in [0, 0.05) is 13.0 Å². The zero-order valence-electron chi connectivity index (χ0n) is 15.3. The molecule has 0 saturated carbocycles. The van der Waals surface area contributed by atoms with Gasteiger partial charge >= 0.3 is 0 Å². The average molecular weight is 353 g/mol. The molecule has 1 heterocycles. The molecule has 136 valence electrons. The first-order valence-electron chi connectivity index (χ1n) is 8.62. The molecule has 1 N–H and O–H groups in total. The number of ether oxygens (including phenoxy) is 2. The van der Waals surface area contributed by atoms with E-state index in [-0.39, 0.29) is 5.91 Å². The first kappa shape index (κ1) is 17.8. The Hall–Kier alpha value is -3.02. The smallest absolute Gasteiger partial charge is 0.227 e. The second-order valence-corrected chi connectivity index (χ2v) is 5.89. The summed E-state index contributed by atoms with van der Waals surface area (Å²) in [5.41, 5.74) is 2.82. The van der Waals surface area contributed by atoms with Gasteiger partial charge in [-0.3, -0.25) is 10.1 Å². The maximum absolute atomic E-state index is 12.4. The number of hydrogen-bond acceptors (Lipinski definition) is 4. The minimum atomic E-state index is -0.0834. The first-order valence-corrected chi connectivity index (χ1v) is 8.62. The first-order chi connectivity index (χ1) is 12.7. The normalized spacial score (nSPS) is 10.7. The summed E-state index contributed by atoms with van der Waals surface area (Å²) in [5.74, 6) is 1.99. The van der Waals surface area contributed by atoms with Crippen LogP contribution >= 0.6 is 0 Å². The minimum Gasteiger partial charge on any atom is -0.497 e. The number of aromatic nitrogens is 2. The molecule has 0 atom stereocenters. The fourth-order valence-electron chi connectivity index (χ4n) is 3.00. The van der Waals surface area contributed by atoms with Crippen molar-refractivity contribution in [2.45, 2.75) is 26.3 Å². The van der Waals surface area contributed by atoms with Gasteiger partial charge in [-0.2, -0.15) is 0 Å². The van der Waals surface area contributed by atoms with Gasteiger partial charge in [0.15, 0.2) is 0 Å². The maximum atomic E-state index is 12.4.